The highest BCUT2D eigenvalue weighted by Crippen LogP contribution is 2.33. The van der Waals surface area contributed by atoms with Crippen LogP contribution >= 0.6 is 0 Å². The van der Waals surface area contributed by atoms with Crippen molar-refractivity contribution < 1.29 is 9.47 Å². The predicted octanol–water partition coefficient (Wildman–Crippen LogP) is 1.64. The van der Waals surface area contributed by atoms with Gasteiger partial charge < -0.3 is 19.7 Å². The van der Waals surface area contributed by atoms with Crippen LogP contribution in [-0.4, -0.2) is 44.3 Å². The molecular formula is C15H22N2O2. The summed E-state index contributed by atoms with van der Waals surface area (Å²) in [6.45, 7) is 4.53. The Morgan fingerprint density at radius 1 is 1.21 bits per heavy atom. The summed E-state index contributed by atoms with van der Waals surface area (Å²) in [4.78, 5) is 2.39. The molecule has 19 heavy (non-hydrogen) atoms. The van der Waals surface area contributed by atoms with Gasteiger partial charge in [-0.05, 0) is 39.0 Å². The third-order valence-electron chi connectivity index (χ3n) is 3.95. The molecule has 2 aliphatic rings. The van der Waals surface area contributed by atoms with Gasteiger partial charge in [0, 0.05) is 18.2 Å². The van der Waals surface area contributed by atoms with E-state index < -0.39 is 0 Å². The molecule has 0 aromatic heterocycles. The van der Waals surface area contributed by atoms with Gasteiger partial charge in [0.05, 0.1) is 0 Å². The number of benzene rings is 1. The summed E-state index contributed by atoms with van der Waals surface area (Å²) in [5.74, 6) is 1.81. The lowest BCUT2D eigenvalue weighted by atomic mass is 10.0. The molecular weight excluding hydrogens is 240 g/mol. The molecule has 0 amide bonds. The fourth-order valence-corrected chi connectivity index (χ4v) is 2.74. The number of piperidine rings is 1. The Kier molecular flexibility index (Phi) is 3.89. The second-order valence-corrected chi connectivity index (χ2v) is 5.40. The van der Waals surface area contributed by atoms with Crippen LogP contribution in [0.25, 0.3) is 0 Å². The highest BCUT2D eigenvalue weighted by atomic mass is 16.6. The van der Waals surface area contributed by atoms with Gasteiger partial charge in [0.1, 0.15) is 13.2 Å². The second kappa shape index (κ2) is 5.80. The van der Waals surface area contributed by atoms with Crippen LogP contribution in [0.2, 0.25) is 0 Å². The van der Waals surface area contributed by atoms with Gasteiger partial charge >= 0.3 is 0 Å². The first-order valence-corrected chi connectivity index (χ1v) is 7.12. The summed E-state index contributed by atoms with van der Waals surface area (Å²) in [7, 11) is 2.19. The molecule has 0 spiro atoms. The van der Waals surface area contributed by atoms with E-state index >= 15 is 0 Å². The predicted molar refractivity (Wildman–Crippen MR) is 74.8 cm³/mol. The highest BCUT2D eigenvalue weighted by Gasteiger charge is 2.18. The van der Waals surface area contributed by atoms with Crippen molar-refractivity contribution in [3.8, 4) is 11.5 Å². The number of ether oxygens (including phenoxy) is 2. The zero-order valence-electron chi connectivity index (χ0n) is 11.5. The molecule has 2 aliphatic heterocycles. The normalized spacial score (nSPS) is 20.5. The fraction of sp³-hybridized carbons (Fsp3) is 0.600. The Labute approximate surface area is 114 Å². The number of para-hydroxylation sites is 1. The van der Waals surface area contributed by atoms with Crippen molar-refractivity contribution in [3.05, 3.63) is 23.8 Å². The number of nitrogens with one attached hydrogen (secondary N) is 1. The average molecular weight is 262 g/mol. The Balaban J connectivity index is 1.61. The van der Waals surface area contributed by atoms with E-state index in [1.165, 1.54) is 31.5 Å². The van der Waals surface area contributed by atoms with E-state index in [4.69, 9.17) is 9.47 Å². The number of fused-ring (bicyclic) bond motifs is 1. The molecule has 4 heteroatoms. The SMILES string of the molecule is CN1CCC(NCc2cccc3c2OCCO3)CC1. The van der Waals surface area contributed by atoms with E-state index in [9.17, 15) is 0 Å². The van der Waals surface area contributed by atoms with Crippen LogP contribution in [0.3, 0.4) is 0 Å². The molecule has 1 N–H and O–H groups in total. The summed E-state index contributed by atoms with van der Waals surface area (Å²) in [5.41, 5.74) is 1.20. The highest BCUT2D eigenvalue weighted by molar-refractivity contribution is 5.47. The standard InChI is InChI=1S/C15H22N2O2/c1-17-7-5-13(6-8-17)16-11-12-3-2-4-14-15(12)19-10-9-18-14/h2-4,13,16H,5-11H2,1H3. The van der Waals surface area contributed by atoms with E-state index in [0.717, 1.165) is 18.0 Å². The maximum absolute atomic E-state index is 5.74. The van der Waals surface area contributed by atoms with Crippen molar-refractivity contribution in [1.82, 2.24) is 10.2 Å². The summed E-state index contributed by atoms with van der Waals surface area (Å²) < 4.78 is 11.3. The largest absolute Gasteiger partial charge is 0.486 e. The number of rotatable bonds is 3. The molecule has 1 aromatic carbocycles. The summed E-state index contributed by atoms with van der Waals surface area (Å²) in [6.07, 6.45) is 2.45. The van der Waals surface area contributed by atoms with Crippen LogP contribution in [0, 0.1) is 0 Å². The lowest BCUT2D eigenvalue weighted by Gasteiger charge is -2.30. The van der Waals surface area contributed by atoms with Crippen LogP contribution in [-0.2, 0) is 6.54 Å². The lowest BCUT2D eigenvalue weighted by molar-refractivity contribution is 0.169. The van der Waals surface area contributed by atoms with Crippen molar-refractivity contribution in [3.63, 3.8) is 0 Å². The van der Waals surface area contributed by atoms with Gasteiger partial charge in [0.25, 0.3) is 0 Å². The first-order valence-electron chi connectivity index (χ1n) is 7.12. The third-order valence-corrected chi connectivity index (χ3v) is 3.95. The molecule has 2 heterocycles. The van der Waals surface area contributed by atoms with E-state index in [0.29, 0.717) is 19.3 Å². The van der Waals surface area contributed by atoms with Crippen molar-refractivity contribution in [1.29, 1.82) is 0 Å². The van der Waals surface area contributed by atoms with Crippen molar-refractivity contribution in [2.75, 3.05) is 33.4 Å². The quantitative estimate of drug-likeness (QED) is 0.898. The molecule has 0 saturated carbocycles. The van der Waals surface area contributed by atoms with E-state index in [2.05, 4.69) is 23.3 Å². The molecule has 4 nitrogen and oxygen atoms in total. The van der Waals surface area contributed by atoms with Gasteiger partial charge in [-0.15, -0.1) is 0 Å². The molecule has 104 valence electrons. The van der Waals surface area contributed by atoms with Gasteiger partial charge in [0.15, 0.2) is 11.5 Å². The van der Waals surface area contributed by atoms with E-state index in [-0.39, 0.29) is 0 Å². The van der Waals surface area contributed by atoms with Crippen LogP contribution in [0.5, 0.6) is 11.5 Å². The van der Waals surface area contributed by atoms with Crippen LogP contribution in [0.15, 0.2) is 18.2 Å². The third kappa shape index (κ3) is 3.01. The lowest BCUT2D eigenvalue weighted by Crippen LogP contribution is -2.40. The zero-order chi connectivity index (χ0) is 13.1. The van der Waals surface area contributed by atoms with E-state index in [1.54, 1.807) is 0 Å². The number of nitrogens with zero attached hydrogens (tertiary/aromatic N) is 1. The molecule has 0 radical (unpaired) electrons. The molecule has 0 unspecified atom stereocenters. The van der Waals surface area contributed by atoms with Gasteiger partial charge in [-0.2, -0.15) is 0 Å². The minimum Gasteiger partial charge on any atom is -0.486 e. The maximum Gasteiger partial charge on any atom is 0.165 e. The maximum atomic E-state index is 5.74. The van der Waals surface area contributed by atoms with Crippen LogP contribution < -0.4 is 14.8 Å². The smallest absolute Gasteiger partial charge is 0.165 e. The first-order chi connectivity index (χ1) is 9.33. The van der Waals surface area contributed by atoms with Gasteiger partial charge in [-0.3, -0.25) is 0 Å². The summed E-state index contributed by atoms with van der Waals surface area (Å²) in [6, 6.07) is 6.76. The topological polar surface area (TPSA) is 33.7 Å². The van der Waals surface area contributed by atoms with Crippen LogP contribution in [0.1, 0.15) is 18.4 Å². The Morgan fingerprint density at radius 3 is 2.84 bits per heavy atom. The minimum atomic E-state index is 0.622. The van der Waals surface area contributed by atoms with Crippen molar-refractivity contribution in [2.24, 2.45) is 0 Å². The van der Waals surface area contributed by atoms with Crippen LogP contribution in [0.4, 0.5) is 0 Å². The number of hydrogen-bond donors (Lipinski definition) is 1. The van der Waals surface area contributed by atoms with Gasteiger partial charge in [0.2, 0.25) is 0 Å². The minimum absolute atomic E-state index is 0.622. The first kappa shape index (κ1) is 12.8. The van der Waals surface area contributed by atoms with E-state index in [1.807, 2.05) is 12.1 Å². The monoisotopic (exact) mass is 262 g/mol. The molecule has 1 saturated heterocycles. The Morgan fingerprint density at radius 2 is 2.00 bits per heavy atom. The van der Waals surface area contributed by atoms with Crippen molar-refractivity contribution >= 4 is 0 Å². The summed E-state index contributed by atoms with van der Waals surface area (Å²) >= 11 is 0. The molecule has 1 aromatic rings. The number of hydrogen-bond acceptors (Lipinski definition) is 4. The second-order valence-electron chi connectivity index (χ2n) is 5.40. The Bertz CT molecular complexity index is 428. The molecule has 0 atom stereocenters. The average Bonchev–Trinajstić information content (AvgIpc) is 2.47. The molecule has 0 bridgehead atoms. The molecule has 3 rings (SSSR count). The fourth-order valence-electron chi connectivity index (χ4n) is 2.74. The molecule has 0 aliphatic carbocycles. The Hall–Kier alpha value is -1.26. The van der Waals surface area contributed by atoms with Crippen molar-refractivity contribution in [2.45, 2.75) is 25.4 Å². The van der Waals surface area contributed by atoms with Gasteiger partial charge in [-0.1, -0.05) is 12.1 Å². The number of likely N-dealkylation sites (tertiary alicyclic amines) is 1. The zero-order valence-corrected chi connectivity index (χ0v) is 11.5. The molecule has 1 fully saturated rings. The summed E-state index contributed by atoms with van der Waals surface area (Å²) in [5, 5.41) is 3.65. The van der Waals surface area contributed by atoms with Gasteiger partial charge in [-0.25, -0.2) is 0 Å².